The van der Waals surface area contributed by atoms with Crippen LogP contribution in [-0.4, -0.2) is 35.0 Å². The number of ether oxygens (including phenoxy) is 1. The minimum atomic E-state index is -0.749. The van der Waals surface area contributed by atoms with Gasteiger partial charge in [-0.3, -0.25) is 0 Å². The zero-order valence-corrected chi connectivity index (χ0v) is 11.0. The highest BCUT2D eigenvalue weighted by Gasteiger charge is 2.29. The number of pyridine rings is 1. The molecule has 0 saturated heterocycles. The van der Waals surface area contributed by atoms with Crippen molar-refractivity contribution in [1.82, 2.24) is 4.98 Å². The maximum absolute atomic E-state index is 9.36. The van der Waals surface area contributed by atoms with Crippen LogP contribution in [0.5, 0.6) is 5.88 Å². The van der Waals surface area contributed by atoms with Crippen molar-refractivity contribution in [1.29, 1.82) is 0 Å². The molecule has 4 nitrogen and oxygen atoms in total. The summed E-state index contributed by atoms with van der Waals surface area (Å²) in [6.45, 7) is 3.79. The average Bonchev–Trinajstić information content (AvgIpc) is 2.31. The maximum atomic E-state index is 9.36. The lowest BCUT2D eigenvalue weighted by atomic mass is 9.85. The van der Waals surface area contributed by atoms with Gasteiger partial charge in [-0.2, -0.15) is 0 Å². The van der Waals surface area contributed by atoms with Gasteiger partial charge in [0.15, 0.2) is 0 Å². The van der Waals surface area contributed by atoms with Gasteiger partial charge in [0.1, 0.15) is 0 Å². The smallest absolute Gasteiger partial charge is 0.217 e. The predicted octanol–water partition coefficient (Wildman–Crippen LogP) is 1.49. The van der Waals surface area contributed by atoms with E-state index >= 15 is 0 Å². The first kappa shape index (κ1) is 13.4. The van der Waals surface area contributed by atoms with E-state index in [1.807, 2.05) is 13.0 Å². The van der Waals surface area contributed by atoms with Gasteiger partial charge in [-0.25, -0.2) is 4.98 Å². The summed E-state index contributed by atoms with van der Waals surface area (Å²) in [5.74, 6) is 0.455. The minimum Gasteiger partial charge on any atom is -0.478 e. The first-order chi connectivity index (χ1) is 7.57. The van der Waals surface area contributed by atoms with Crippen LogP contribution in [0.25, 0.3) is 0 Å². The maximum Gasteiger partial charge on any atom is 0.217 e. The number of hydrogen-bond donors (Lipinski definition) is 2. The second-order valence-electron chi connectivity index (χ2n) is 3.82. The van der Waals surface area contributed by atoms with Crippen molar-refractivity contribution in [2.75, 3.05) is 19.8 Å². The van der Waals surface area contributed by atoms with Crippen LogP contribution >= 0.6 is 15.9 Å². The molecule has 0 amide bonds. The van der Waals surface area contributed by atoms with Crippen LogP contribution in [0.15, 0.2) is 16.7 Å². The molecule has 0 aliphatic rings. The molecule has 0 unspecified atom stereocenters. The molecule has 90 valence electrons. The van der Waals surface area contributed by atoms with Crippen LogP contribution in [0.4, 0.5) is 0 Å². The van der Waals surface area contributed by atoms with Gasteiger partial charge < -0.3 is 14.9 Å². The number of nitrogens with zero attached hydrogens (tertiary/aromatic N) is 1. The van der Waals surface area contributed by atoms with E-state index in [1.165, 1.54) is 0 Å². The van der Waals surface area contributed by atoms with Gasteiger partial charge in [-0.05, 0) is 28.9 Å². The van der Waals surface area contributed by atoms with Gasteiger partial charge >= 0.3 is 0 Å². The highest BCUT2D eigenvalue weighted by atomic mass is 79.9. The Hall–Kier alpha value is -0.650. The van der Waals surface area contributed by atoms with E-state index < -0.39 is 5.41 Å². The summed E-state index contributed by atoms with van der Waals surface area (Å²) in [4.78, 5) is 4.14. The fraction of sp³-hybridized carbons (Fsp3) is 0.545. The van der Waals surface area contributed by atoms with E-state index in [0.717, 1.165) is 4.47 Å². The quantitative estimate of drug-likeness (QED) is 0.862. The molecule has 1 heterocycles. The number of aliphatic hydroxyl groups is 2. The summed E-state index contributed by atoms with van der Waals surface area (Å²) in [6, 6.07) is 1.81. The first-order valence-electron chi connectivity index (χ1n) is 5.08. The highest BCUT2D eigenvalue weighted by molar-refractivity contribution is 9.10. The molecule has 0 atom stereocenters. The van der Waals surface area contributed by atoms with Gasteiger partial charge in [0.2, 0.25) is 5.88 Å². The number of aromatic nitrogens is 1. The largest absolute Gasteiger partial charge is 0.478 e. The zero-order chi connectivity index (χ0) is 12.2. The molecule has 1 aromatic rings. The van der Waals surface area contributed by atoms with Crippen LogP contribution in [0, 0.1) is 0 Å². The Bertz CT molecular complexity index is 353. The van der Waals surface area contributed by atoms with Crippen LogP contribution in [0.1, 0.15) is 19.4 Å². The lowest BCUT2D eigenvalue weighted by molar-refractivity contribution is 0.125. The molecule has 0 saturated carbocycles. The van der Waals surface area contributed by atoms with Crippen LogP contribution in [0.2, 0.25) is 0 Å². The Labute approximate surface area is 103 Å². The molecule has 2 N–H and O–H groups in total. The minimum absolute atomic E-state index is 0.165. The molecule has 0 bridgehead atoms. The van der Waals surface area contributed by atoms with E-state index in [1.54, 1.807) is 13.1 Å². The predicted molar refractivity (Wildman–Crippen MR) is 64.6 cm³/mol. The SMILES string of the molecule is CCOc1ncc(Br)cc1C(C)(CO)CO. The fourth-order valence-electron chi connectivity index (χ4n) is 1.33. The van der Waals surface area contributed by atoms with Gasteiger partial charge in [-0.15, -0.1) is 0 Å². The Balaban J connectivity index is 3.22. The Kier molecular flexibility index (Phi) is 4.70. The molecule has 0 aliphatic heterocycles. The van der Waals surface area contributed by atoms with Crippen molar-refractivity contribution >= 4 is 15.9 Å². The molecule has 5 heteroatoms. The van der Waals surface area contributed by atoms with Crippen molar-refractivity contribution in [3.8, 4) is 5.88 Å². The van der Waals surface area contributed by atoms with E-state index in [-0.39, 0.29) is 13.2 Å². The third kappa shape index (κ3) is 2.72. The molecule has 0 fully saturated rings. The van der Waals surface area contributed by atoms with Crippen molar-refractivity contribution in [2.24, 2.45) is 0 Å². The van der Waals surface area contributed by atoms with Gasteiger partial charge in [-0.1, -0.05) is 6.92 Å². The Morgan fingerprint density at radius 2 is 2.06 bits per heavy atom. The molecule has 0 aliphatic carbocycles. The van der Waals surface area contributed by atoms with Crippen molar-refractivity contribution < 1.29 is 14.9 Å². The molecule has 1 rings (SSSR count). The van der Waals surface area contributed by atoms with E-state index in [2.05, 4.69) is 20.9 Å². The monoisotopic (exact) mass is 289 g/mol. The van der Waals surface area contributed by atoms with Crippen molar-refractivity contribution in [3.63, 3.8) is 0 Å². The van der Waals surface area contributed by atoms with Crippen LogP contribution < -0.4 is 4.74 Å². The number of aliphatic hydroxyl groups excluding tert-OH is 2. The normalized spacial score (nSPS) is 11.6. The first-order valence-corrected chi connectivity index (χ1v) is 5.87. The molecular weight excluding hydrogens is 274 g/mol. The van der Waals surface area contributed by atoms with Gasteiger partial charge in [0.25, 0.3) is 0 Å². The fourth-order valence-corrected chi connectivity index (χ4v) is 1.66. The number of halogens is 1. The Morgan fingerprint density at radius 3 is 2.56 bits per heavy atom. The second-order valence-corrected chi connectivity index (χ2v) is 4.73. The summed E-state index contributed by atoms with van der Waals surface area (Å²) < 4.78 is 6.18. The number of rotatable bonds is 5. The second kappa shape index (κ2) is 5.61. The van der Waals surface area contributed by atoms with Gasteiger partial charge in [0, 0.05) is 21.6 Å². The molecule has 16 heavy (non-hydrogen) atoms. The summed E-state index contributed by atoms with van der Waals surface area (Å²) in [5.41, 5.74) is -0.0462. The summed E-state index contributed by atoms with van der Waals surface area (Å²) >= 11 is 3.32. The summed E-state index contributed by atoms with van der Waals surface area (Å²) in [5, 5.41) is 18.7. The van der Waals surface area contributed by atoms with Crippen molar-refractivity contribution in [2.45, 2.75) is 19.3 Å². The average molecular weight is 290 g/mol. The zero-order valence-electron chi connectivity index (χ0n) is 9.40. The summed E-state index contributed by atoms with van der Waals surface area (Å²) in [6.07, 6.45) is 1.63. The van der Waals surface area contributed by atoms with E-state index in [4.69, 9.17) is 4.74 Å². The highest BCUT2D eigenvalue weighted by Crippen LogP contribution is 2.31. The van der Waals surface area contributed by atoms with Gasteiger partial charge in [0.05, 0.1) is 19.8 Å². The van der Waals surface area contributed by atoms with Crippen LogP contribution in [-0.2, 0) is 5.41 Å². The van der Waals surface area contributed by atoms with Crippen molar-refractivity contribution in [3.05, 3.63) is 22.3 Å². The third-order valence-electron chi connectivity index (χ3n) is 2.45. The van der Waals surface area contributed by atoms with Crippen LogP contribution in [0.3, 0.4) is 0 Å². The topological polar surface area (TPSA) is 62.6 Å². The Morgan fingerprint density at radius 1 is 1.44 bits per heavy atom. The standard InChI is InChI=1S/C11H16BrNO3/c1-3-16-10-9(4-8(12)5-13-10)11(2,6-14)7-15/h4-5,14-15H,3,6-7H2,1-2H3. The number of hydrogen-bond acceptors (Lipinski definition) is 4. The molecule has 1 aromatic heterocycles. The van der Waals surface area contributed by atoms with E-state index in [9.17, 15) is 10.2 Å². The molecular formula is C11H16BrNO3. The molecule has 0 radical (unpaired) electrons. The summed E-state index contributed by atoms with van der Waals surface area (Å²) in [7, 11) is 0. The van der Waals surface area contributed by atoms with E-state index in [0.29, 0.717) is 18.1 Å². The molecule has 0 aromatic carbocycles. The third-order valence-corrected chi connectivity index (χ3v) is 2.88. The lowest BCUT2D eigenvalue weighted by Crippen LogP contribution is -2.32. The molecule has 0 spiro atoms. The lowest BCUT2D eigenvalue weighted by Gasteiger charge is -2.26.